The van der Waals surface area contributed by atoms with Gasteiger partial charge < -0.3 is 5.32 Å². The van der Waals surface area contributed by atoms with Gasteiger partial charge in [-0.25, -0.2) is 9.97 Å². The molecule has 0 aliphatic heterocycles. The molecular weight excluding hydrogens is 302 g/mol. The fourth-order valence-electron chi connectivity index (χ4n) is 2.57. The van der Waals surface area contributed by atoms with Gasteiger partial charge in [-0.3, -0.25) is 0 Å². The molecule has 21 heavy (non-hydrogen) atoms. The van der Waals surface area contributed by atoms with Gasteiger partial charge in [0.1, 0.15) is 11.6 Å². The van der Waals surface area contributed by atoms with Gasteiger partial charge in [0.2, 0.25) is 0 Å². The molecule has 0 saturated heterocycles. The van der Waals surface area contributed by atoms with Gasteiger partial charge >= 0.3 is 0 Å². The Morgan fingerprint density at radius 1 is 1.24 bits per heavy atom. The topological polar surface area (TPSA) is 37.8 Å². The van der Waals surface area contributed by atoms with Crippen LogP contribution in [0.5, 0.6) is 0 Å². The minimum Gasteiger partial charge on any atom is -0.370 e. The summed E-state index contributed by atoms with van der Waals surface area (Å²) in [5.74, 6) is 2.65. The van der Waals surface area contributed by atoms with Crippen molar-refractivity contribution < 1.29 is 0 Å². The van der Waals surface area contributed by atoms with E-state index in [1.807, 2.05) is 24.3 Å². The number of anilines is 1. The molecule has 0 bridgehead atoms. The predicted molar refractivity (Wildman–Crippen MR) is 89.2 cm³/mol. The predicted octanol–water partition coefficient (Wildman–Crippen LogP) is 4.34. The Morgan fingerprint density at radius 3 is 2.90 bits per heavy atom. The number of benzene rings is 1. The summed E-state index contributed by atoms with van der Waals surface area (Å²) in [7, 11) is 0. The molecule has 2 aromatic rings. The lowest BCUT2D eigenvalue weighted by atomic mass is 10.2. The van der Waals surface area contributed by atoms with Gasteiger partial charge in [0.15, 0.2) is 0 Å². The first kappa shape index (κ1) is 14.7. The van der Waals surface area contributed by atoms with Gasteiger partial charge in [0, 0.05) is 22.7 Å². The molecule has 0 fully saturated rings. The third-order valence-electron chi connectivity index (χ3n) is 3.52. The number of rotatable bonds is 5. The molecule has 1 aliphatic carbocycles. The van der Waals surface area contributed by atoms with Crippen LogP contribution < -0.4 is 5.32 Å². The molecule has 1 aromatic heterocycles. The number of nitrogens with zero attached hydrogens (tertiary/aromatic N) is 2. The standard InChI is InChI=1S/C16H18ClN3S/c1-2-18-16-11-6-5-8-13(11)19-15(20-16)10-21-14-9-4-3-7-12(14)17/h3-4,7,9H,2,5-6,8,10H2,1H3,(H,18,19,20). The second-order valence-corrected chi connectivity index (χ2v) is 6.44. The summed E-state index contributed by atoms with van der Waals surface area (Å²) in [5.41, 5.74) is 2.53. The molecule has 1 aliphatic rings. The van der Waals surface area contributed by atoms with Crippen LogP contribution in [-0.2, 0) is 18.6 Å². The number of hydrogen-bond donors (Lipinski definition) is 1. The van der Waals surface area contributed by atoms with Crippen LogP contribution in [0.2, 0.25) is 5.02 Å². The molecule has 5 heteroatoms. The Bertz CT molecular complexity index is 645. The van der Waals surface area contributed by atoms with E-state index in [0.29, 0.717) is 0 Å². The van der Waals surface area contributed by atoms with E-state index in [0.717, 1.165) is 46.7 Å². The summed E-state index contributed by atoms with van der Waals surface area (Å²) in [4.78, 5) is 10.5. The van der Waals surface area contributed by atoms with Gasteiger partial charge in [-0.2, -0.15) is 0 Å². The largest absolute Gasteiger partial charge is 0.370 e. The van der Waals surface area contributed by atoms with E-state index in [2.05, 4.69) is 12.2 Å². The SMILES string of the molecule is CCNc1nc(CSc2ccccc2Cl)nc2c1CCC2. The molecular formula is C16H18ClN3S. The minimum absolute atomic E-state index is 0.745. The number of nitrogens with one attached hydrogen (secondary N) is 1. The summed E-state index contributed by atoms with van der Waals surface area (Å²) in [6, 6.07) is 7.90. The van der Waals surface area contributed by atoms with E-state index in [1.165, 1.54) is 17.7 Å². The molecule has 1 aromatic carbocycles. The van der Waals surface area contributed by atoms with Crippen LogP contribution in [0.25, 0.3) is 0 Å². The molecule has 0 saturated carbocycles. The summed E-state index contributed by atoms with van der Waals surface area (Å²) in [6.45, 7) is 2.99. The van der Waals surface area contributed by atoms with Crippen molar-refractivity contribution in [1.29, 1.82) is 0 Å². The van der Waals surface area contributed by atoms with Crippen LogP contribution in [0, 0.1) is 0 Å². The van der Waals surface area contributed by atoms with Crippen molar-refractivity contribution in [3.05, 3.63) is 46.4 Å². The molecule has 0 unspecified atom stereocenters. The molecule has 0 spiro atoms. The lowest BCUT2D eigenvalue weighted by molar-refractivity contribution is 0.893. The number of aromatic nitrogens is 2. The fourth-order valence-corrected chi connectivity index (χ4v) is 3.66. The van der Waals surface area contributed by atoms with Crippen molar-refractivity contribution in [3.8, 4) is 0 Å². The van der Waals surface area contributed by atoms with Crippen LogP contribution in [0.15, 0.2) is 29.2 Å². The second-order valence-electron chi connectivity index (χ2n) is 5.02. The van der Waals surface area contributed by atoms with Gasteiger partial charge in [-0.1, -0.05) is 23.7 Å². The van der Waals surface area contributed by atoms with E-state index >= 15 is 0 Å². The molecule has 0 radical (unpaired) electrons. The van der Waals surface area contributed by atoms with Crippen molar-refractivity contribution >= 4 is 29.2 Å². The Morgan fingerprint density at radius 2 is 2.10 bits per heavy atom. The zero-order valence-corrected chi connectivity index (χ0v) is 13.6. The second kappa shape index (κ2) is 6.67. The highest BCUT2D eigenvalue weighted by atomic mass is 35.5. The van der Waals surface area contributed by atoms with Crippen molar-refractivity contribution in [2.45, 2.75) is 36.8 Å². The van der Waals surface area contributed by atoms with Gasteiger partial charge in [-0.15, -0.1) is 11.8 Å². The summed E-state index contributed by atoms with van der Waals surface area (Å²) in [5, 5.41) is 4.16. The summed E-state index contributed by atoms with van der Waals surface area (Å²) >= 11 is 7.88. The molecule has 110 valence electrons. The summed E-state index contributed by atoms with van der Waals surface area (Å²) in [6.07, 6.45) is 3.35. The smallest absolute Gasteiger partial charge is 0.141 e. The van der Waals surface area contributed by atoms with Crippen LogP contribution in [0.1, 0.15) is 30.4 Å². The number of halogens is 1. The van der Waals surface area contributed by atoms with Gasteiger partial charge in [-0.05, 0) is 38.3 Å². The van der Waals surface area contributed by atoms with Gasteiger partial charge in [0.05, 0.1) is 10.8 Å². The maximum absolute atomic E-state index is 6.19. The monoisotopic (exact) mass is 319 g/mol. The normalized spacial score (nSPS) is 13.2. The highest BCUT2D eigenvalue weighted by molar-refractivity contribution is 7.98. The first-order valence-electron chi connectivity index (χ1n) is 7.27. The first-order valence-corrected chi connectivity index (χ1v) is 8.64. The van der Waals surface area contributed by atoms with Crippen molar-refractivity contribution in [2.24, 2.45) is 0 Å². The van der Waals surface area contributed by atoms with Crippen LogP contribution in [0.3, 0.4) is 0 Å². The van der Waals surface area contributed by atoms with E-state index in [4.69, 9.17) is 21.6 Å². The Kier molecular flexibility index (Phi) is 4.66. The maximum atomic E-state index is 6.19. The lowest BCUT2D eigenvalue weighted by Crippen LogP contribution is -2.08. The number of fused-ring (bicyclic) bond motifs is 1. The molecule has 0 amide bonds. The van der Waals surface area contributed by atoms with Crippen molar-refractivity contribution in [2.75, 3.05) is 11.9 Å². The highest BCUT2D eigenvalue weighted by Crippen LogP contribution is 2.31. The van der Waals surface area contributed by atoms with Crippen LogP contribution in [0.4, 0.5) is 5.82 Å². The molecule has 3 rings (SSSR count). The average molecular weight is 320 g/mol. The zero-order chi connectivity index (χ0) is 14.7. The van der Waals surface area contributed by atoms with E-state index in [1.54, 1.807) is 11.8 Å². The Labute approximate surface area is 134 Å². The Balaban J connectivity index is 1.80. The minimum atomic E-state index is 0.745. The molecule has 1 heterocycles. The van der Waals surface area contributed by atoms with Gasteiger partial charge in [0.25, 0.3) is 0 Å². The average Bonchev–Trinajstić information content (AvgIpc) is 2.95. The number of aryl methyl sites for hydroxylation is 1. The molecule has 3 nitrogen and oxygen atoms in total. The van der Waals surface area contributed by atoms with E-state index in [9.17, 15) is 0 Å². The number of hydrogen-bond acceptors (Lipinski definition) is 4. The summed E-state index contributed by atoms with van der Waals surface area (Å²) < 4.78 is 0. The van der Waals surface area contributed by atoms with Crippen molar-refractivity contribution in [3.63, 3.8) is 0 Å². The van der Waals surface area contributed by atoms with E-state index in [-0.39, 0.29) is 0 Å². The van der Waals surface area contributed by atoms with E-state index < -0.39 is 0 Å². The first-order chi connectivity index (χ1) is 10.3. The Hall–Kier alpha value is -1.26. The van der Waals surface area contributed by atoms with Crippen LogP contribution >= 0.6 is 23.4 Å². The third-order valence-corrected chi connectivity index (χ3v) is 5.03. The lowest BCUT2D eigenvalue weighted by Gasteiger charge is -2.11. The highest BCUT2D eigenvalue weighted by Gasteiger charge is 2.19. The third kappa shape index (κ3) is 3.33. The fraction of sp³-hybridized carbons (Fsp3) is 0.375. The van der Waals surface area contributed by atoms with Crippen molar-refractivity contribution in [1.82, 2.24) is 9.97 Å². The number of thioether (sulfide) groups is 1. The quantitative estimate of drug-likeness (QED) is 0.832. The zero-order valence-electron chi connectivity index (χ0n) is 12.0. The van der Waals surface area contributed by atoms with Crippen LogP contribution in [-0.4, -0.2) is 16.5 Å². The molecule has 0 atom stereocenters. The molecule has 1 N–H and O–H groups in total. The maximum Gasteiger partial charge on any atom is 0.141 e.